The Labute approximate surface area is 156 Å². The van der Waals surface area contributed by atoms with Crippen molar-refractivity contribution >= 4 is 11.6 Å². The Hall–Kier alpha value is -3.22. The summed E-state index contributed by atoms with van der Waals surface area (Å²) < 4.78 is 16.4. The zero-order valence-corrected chi connectivity index (χ0v) is 15.7. The number of halogens is 1. The van der Waals surface area contributed by atoms with Gasteiger partial charge in [-0.15, -0.1) is 0 Å². The van der Waals surface area contributed by atoms with Gasteiger partial charge in [0.05, 0.1) is 5.69 Å². The molecule has 0 aliphatic rings. The van der Waals surface area contributed by atoms with Crippen LogP contribution in [0.3, 0.4) is 0 Å². The van der Waals surface area contributed by atoms with Crippen LogP contribution in [0.5, 0.6) is 0 Å². The van der Waals surface area contributed by atoms with Gasteiger partial charge in [0.15, 0.2) is 0 Å². The first kappa shape index (κ1) is 18.6. The molecule has 3 rings (SSSR count). The number of carbonyl (C=O) groups is 1. The molecular formula is C20H21FN4O2. The highest BCUT2D eigenvalue weighted by Crippen LogP contribution is 2.20. The fourth-order valence-corrected chi connectivity index (χ4v) is 2.72. The van der Waals surface area contributed by atoms with E-state index in [1.54, 1.807) is 41.4 Å². The van der Waals surface area contributed by atoms with E-state index in [0.29, 0.717) is 17.8 Å². The van der Waals surface area contributed by atoms with Gasteiger partial charge in [-0.05, 0) is 43.7 Å². The normalized spacial score (nSPS) is 10.9. The van der Waals surface area contributed by atoms with E-state index in [1.165, 1.54) is 23.2 Å². The molecule has 140 valence electrons. The second kappa shape index (κ2) is 7.19. The van der Waals surface area contributed by atoms with Crippen molar-refractivity contribution in [3.63, 3.8) is 0 Å². The van der Waals surface area contributed by atoms with Crippen molar-refractivity contribution in [2.75, 3.05) is 14.1 Å². The molecule has 0 saturated carbocycles. The molecule has 27 heavy (non-hydrogen) atoms. The number of fused-ring (bicyclic) bond motifs is 1. The van der Waals surface area contributed by atoms with E-state index in [0.717, 1.165) is 5.57 Å². The van der Waals surface area contributed by atoms with Crippen LogP contribution >= 0.6 is 0 Å². The smallest absolute Gasteiger partial charge is 0.295 e. The molecule has 2 aromatic heterocycles. The quantitative estimate of drug-likeness (QED) is 0.665. The van der Waals surface area contributed by atoms with E-state index >= 15 is 0 Å². The molecule has 0 aliphatic heterocycles. The summed E-state index contributed by atoms with van der Waals surface area (Å²) in [5, 5.41) is 0. The Kier molecular flexibility index (Phi) is 4.94. The zero-order valence-electron chi connectivity index (χ0n) is 15.7. The van der Waals surface area contributed by atoms with Gasteiger partial charge in [0, 0.05) is 33.0 Å². The largest absolute Gasteiger partial charge is 0.343 e. The van der Waals surface area contributed by atoms with Gasteiger partial charge < -0.3 is 4.90 Å². The Morgan fingerprint density at radius 3 is 2.44 bits per heavy atom. The van der Waals surface area contributed by atoms with Crippen molar-refractivity contribution in [2.24, 2.45) is 0 Å². The standard InChI is InChI=1S/C20H21FN4O2/c1-13(2)9-10-25-17(14-5-7-15(21)8-6-14)12-24-11-16(19(26)23(3)4)22-18(24)20(25)27/h5-9,11-12H,10H2,1-4H3. The Morgan fingerprint density at radius 2 is 1.85 bits per heavy atom. The van der Waals surface area contributed by atoms with Crippen molar-refractivity contribution in [1.29, 1.82) is 0 Å². The highest BCUT2D eigenvalue weighted by molar-refractivity contribution is 5.92. The van der Waals surface area contributed by atoms with Crippen molar-refractivity contribution in [3.8, 4) is 11.3 Å². The first-order chi connectivity index (χ1) is 12.8. The minimum atomic E-state index is -0.348. The molecule has 1 amide bonds. The van der Waals surface area contributed by atoms with Crippen LogP contribution in [0.2, 0.25) is 0 Å². The minimum Gasteiger partial charge on any atom is -0.343 e. The second-order valence-electron chi connectivity index (χ2n) is 6.78. The molecule has 0 bridgehead atoms. The van der Waals surface area contributed by atoms with Gasteiger partial charge in [0.2, 0.25) is 5.65 Å². The monoisotopic (exact) mass is 368 g/mol. The van der Waals surface area contributed by atoms with Crippen LogP contribution in [0.15, 0.2) is 53.1 Å². The van der Waals surface area contributed by atoms with Gasteiger partial charge in [-0.25, -0.2) is 9.37 Å². The van der Waals surface area contributed by atoms with Crippen LogP contribution in [-0.2, 0) is 6.54 Å². The number of nitrogens with zero attached hydrogens (tertiary/aromatic N) is 4. The number of aromatic nitrogens is 3. The summed E-state index contributed by atoms with van der Waals surface area (Å²) in [6, 6.07) is 5.95. The Balaban J connectivity index is 2.26. The van der Waals surface area contributed by atoms with E-state index in [1.807, 2.05) is 19.9 Å². The number of carbonyl (C=O) groups excluding carboxylic acids is 1. The van der Waals surface area contributed by atoms with E-state index in [4.69, 9.17) is 0 Å². The third kappa shape index (κ3) is 3.67. The molecule has 0 atom stereocenters. The lowest BCUT2D eigenvalue weighted by Gasteiger charge is -2.12. The summed E-state index contributed by atoms with van der Waals surface area (Å²) in [6.45, 7) is 4.25. The first-order valence-electron chi connectivity index (χ1n) is 8.51. The van der Waals surface area contributed by atoms with Gasteiger partial charge in [-0.2, -0.15) is 0 Å². The minimum absolute atomic E-state index is 0.174. The van der Waals surface area contributed by atoms with Crippen LogP contribution in [0.4, 0.5) is 4.39 Å². The summed E-state index contributed by atoms with van der Waals surface area (Å²) in [6.07, 6.45) is 5.21. The second-order valence-corrected chi connectivity index (χ2v) is 6.78. The van der Waals surface area contributed by atoms with Crippen molar-refractivity contribution < 1.29 is 9.18 Å². The van der Waals surface area contributed by atoms with Crippen LogP contribution in [0.1, 0.15) is 24.3 Å². The maximum atomic E-state index is 13.3. The number of amides is 1. The highest BCUT2D eigenvalue weighted by Gasteiger charge is 2.17. The molecule has 0 radical (unpaired) electrons. The van der Waals surface area contributed by atoms with E-state index in [9.17, 15) is 14.0 Å². The number of hydrogen-bond acceptors (Lipinski definition) is 3. The van der Waals surface area contributed by atoms with Crippen molar-refractivity contribution in [3.05, 3.63) is 70.2 Å². The number of imidazole rings is 1. The maximum absolute atomic E-state index is 13.3. The number of hydrogen-bond donors (Lipinski definition) is 0. The molecule has 0 spiro atoms. The van der Waals surface area contributed by atoms with Crippen LogP contribution in [0.25, 0.3) is 16.9 Å². The fourth-order valence-electron chi connectivity index (χ4n) is 2.72. The summed E-state index contributed by atoms with van der Waals surface area (Å²) in [7, 11) is 3.26. The number of benzene rings is 1. The lowest BCUT2D eigenvalue weighted by atomic mass is 10.1. The van der Waals surface area contributed by atoms with Gasteiger partial charge >= 0.3 is 0 Å². The molecule has 0 saturated heterocycles. The third-order valence-corrected chi connectivity index (χ3v) is 4.17. The molecule has 0 N–H and O–H groups in total. The Bertz CT molecular complexity index is 1090. The Morgan fingerprint density at radius 1 is 1.19 bits per heavy atom. The molecule has 3 aromatic rings. The van der Waals surface area contributed by atoms with Gasteiger partial charge in [-0.3, -0.25) is 18.6 Å². The van der Waals surface area contributed by atoms with Gasteiger partial charge in [0.25, 0.3) is 11.5 Å². The van der Waals surface area contributed by atoms with E-state index in [-0.39, 0.29) is 28.6 Å². The fraction of sp³-hybridized carbons (Fsp3) is 0.250. The molecule has 7 heteroatoms. The summed E-state index contributed by atoms with van der Waals surface area (Å²) >= 11 is 0. The molecule has 1 aromatic carbocycles. The molecular weight excluding hydrogens is 347 g/mol. The molecule has 2 heterocycles. The SMILES string of the molecule is CC(C)=CCn1c(-c2ccc(F)cc2)cn2cc(C(=O)N(C)C)nc2c1=O. The average molecular weight is 368 g/mol. The van der Waals surface area contributed by atoms with E-state index in [2.05, 4.69) is 4.98 Å². The number of rotatable bonds is 4. The molecule has 0 unspecified atom stereocenters. The maximum Gasteiger partial charge on any atom is 0.295 e. The molecule has 0 aliphatic carbocycles. The summed E-state index contributed by atoms with van der Waals surface area (Å²) in [5.74, 6) is -0.628. The lowest BCUT2D eigenvalue weighted by Crippen LogP contribution is -2.24. The first-order valence-corrected chi connectivity index (χ1v) is 8.51. The highest BCUT2D eigenvalue weighted by atomic mass is 19.1. The van der Waals surface area contributed by atoms with Crippen molar-refractivity contribution in [2.45, 2.75) is 20.4 Å². The molecule has 0 fully saturated rings. The summed E-state index contributed by atoms with van der Waals surface area (Å²) in [4.78, 5) is 30.9. The van der Waals surface area contributed by atoms with Gasteiger partial charge in [-0.1, -0.05) is 11.6 Å². The lowest BCUT2D eigenvalue weighted by molar-refractivity contribution is 0.0822. The predicted molar refractivity (Wildman–Crippen MR) is 102 cm³/mol. The van der Waals surface area contributed by atoms with Crippen molar-refractivity contribution in [1.82, 2.24) is 18.9 Å². The van der Waals surface area contributed by atoms with Gasteiger partial charge in [0.1, 0.15) is 11.5 Å². The van der Waals surface area contributed by atoms with Crippen LogP contribution < -0.4 is 5.56 Å². The zero-order chi connectivity index (χ0) is 19.7. The average Bonchev–Trinajstić information content (AvgIpc) is 3.05. The summed E-state index contributed by atoms with van der Waals surface area (Å²) in [5.41, 5.74) is 2.44. The van der Waals surface area contributed by atoms with Crippen LogP contribution in [-0.4, -0.2) is 38.9 Å². The molecule has 6 nitrogen and oxygen atoms in total. The van der Waals surface area contributed by atoms with Crippen LogP contribution in [0, 0.1) is 5.82 Å². The predicted octanol–water partition coefficient (Wildman–Crippen LogP) is 2.97. The van der Waals surface area contributed by atoms with E-state index < -0.39 is 0 Å². The topological polar surface area (TPSA) is 59.6 Å². The number of allylic oxidation sites excluding steroid dienone is 2. The third-order valence-electron chi connectivity index (χ3n) is 4.17.